The fourth-order valence-electron chi connectivity index (χ4n) is 1.93. The number of aromatic hydroxyl groups is 1. The summed E-state index contributed by atoms with van der Waals surface area (Å²) in [7, 11) is 0. The van der Waals surface area contributed by atoms with E-state index in [9.17, 15) is 5.11 Å². The third-order valence-corrected chi connectivity index (χ3v) is 3.74. The smallest absolute Gasteiger partial charge is 0.115 e. The second kappa shape index (κ2) is 5.50. The van der Waals surface area contributed by atoms with Gasteiger partial charge in [-0.15, -0.1) is 11.3 Å². The number of benzene rings is 1. The lowest BCUT2D eigenvalue weighted by atomic mass is 10.1. The van der Waals surface area contributed by atoms with Gasteiger partial charge in [0.15, 0.2) is 0 Å². The van der Waals surface area contributed by atoms with Crippen LogP contribution in [0.25, 0.3) is 0 Å². The molecule has 0 spiro atoms. The summed E-state index contributed by atoms with van der Waals surface area (Å²) in [6.45, 7) is 6.21. The molecule has 0 bridgehead atoms. The van der Waals surface area contributed by atoms with Crippen molar-refractivity contribution in [2.24, 2.45) is 0 Å². The van der Waals surface area contributed by atoms with Crippen molar-refractivity contribution in [3.05, 3.63) is 45.9 Å². The molecule has 2 atom stereocenters. The zero-order valence-electron chi connectivity index (χ0n) is 10.8. The highest BCUT2D eigenvalue weighted by atomic mass is 32.1. The molecule has 3 nitrogen and oxygen atoms in total. The predicted octanol–water partition coefficient (Wildman–Crippen LogP) is 3.57. The molecule has 0 saturated heterocycles. The maximum Gasteiger partial charge on any atom is 0.115 e. The van der Waals surface area contributed by atoms with E-state index in [-0.39, 0.29) is 12.1 Å². The molecule has 0 saturated carbocycles. The Hall–Kier alpha value is -1.39. The van der Waals surface area contributed by atoms with Gasteiger partial charge in [-0.25, -0.2) is 4.98 Å². The number of aromatic nitrogens is 1. The van der Waals surface area contributed by atoms with Gasteiger partial charge in [0.05, 0.1) is 10.7 Å². The summed E-state index contributed by atoms with van der Waals surface area (Å²) in [5.41, 5.74) is 2.15. The molecule has 0 radical (unpaired) electrons. The molecule has 0 aliphatic carbocycles. The molecular formula is C14H18N2OS. The fraction of sp³-hybridized carbons (Fsp3) is 0.357. The Balaban J connectivity index is 2.05. The number of nitrogens with one attached hydrogen (secondary N) is 1. The second-order valence-electron chi connectivity index (χ2n) is 4.50. The van der Waals surface area contributed by atoms with Gasteiger partial charge in [-0.2, -0.15) is 0 Å². The predicted molar refractivity (Wildman–Crippen MR) is 74.9 cm³/mol. The molecule has 2 aromatic rings. The van der Waals surface area contributed by atoms with Crippen molar-refractivity contribution in [3.63, 3.8) is 0 Å². The van der Waals surface area contributed by atoms with E-state index >= 15 is 0 Å². The lowest BCUT2D eigenvalue weighted by Gasteiger charge is -2.19. The first-order valence-corrected chi connectivity index (χ1v) is 6.91. The SMILES string of the molecule is Cc1nc(C(C)NC(C)c2cccc(O)c2)cs1. The van der Waals surface area contributed by atoms with Gasteiger partial charge in [-0.05, 0) is 38.5 Å². The number of hydrogen-bond donors (Lipinski definition) is 2. The third kappa shape index (κ3) is 3.09. The van der Waals surface area contributed by atoms with Crippen molar-refractivity contribution < 1.29 is 5.11 Å². The highest BCUT2D eigenvalue weighted by Crippen LogP contribution is 2.22. The average Bonchev–Trinajstić information content (AvgIpc) is 2.76. The Labute approximate surface area is 112 Å². The van der Waals surface area contributed by atoms with E-state index in [1.54, 1.807) is 23.5 Å². The zero-order valence-corrected chi connectivity index (χ0v) is 11.7. The first-order chi connectivity index (χ1) is 8.56. The summed E-state index contributed by atoms with van der Waals surface area (Å²) in [6.07, 6.45) is 0. The van der Waals surface area contributed by atoms with Crippen molar-refractivity contribution in [2.75, 3.05) is 0 Å². The van der Waals surface area contributed by atoms with Gasteiger partial charge in [-0.3, -0.25) is 0 Å². The molecule has 1 aromatic heterocycles. The van der Waals surface area contributed by atoms with Gasteiger partial charge in [0.2, 0.25) is 0 Å². The van der Waals surface area contributed by atoms with Crippen LogP contribution in [0.2, 0.25) is 0 Å². The summed E-state index contributed by atoms with van der Waals surface area (Å²) in [5.74, 6) is 0.304. The Kier molecular flexibility index (Phi) is 3.99. The van der Waals surface area contributed by atoms with Crippen molar-refractivity contribution in [1.82, 2.24) is 10.3 Å². The number of thiazole rings is 1. The molecule has 2 N–H and O–H groups in total. The first kappa shape index (κ1) is 13.1. The standard InChI is InChI=1S/C14H18N2OS/c1-9(12-5-4-6-13(17)7-12)15-10(2)14-8-18-11(3)16-14/h4-10,15,17H,1-3H3. The summed E-state index contributed by atoms with van der Waals surface area (Å²) < 4.78 is 0. The van der Waals surface area contributed by atoms with Crippen molar-refractivity contribution in [2.45, 2.75) is 32.9 Å². The minimum atomic E-state index is 0.175. The topological polar surface area (TPSA) is 45.2 Å². The van der Waals surface area contributed by atoms with Gasteiger partial charge in [0.1, 0.15) is 5.75 Å². The summed E-state index contributed by atoms with van der Waals surface area (Å²) in [6, 6.07) is 7.72. The van der Waals surface area contributed by atoms with Crippen LogP contribution in [0.4, 0.5) is 0 Å². The number of aryl methyl sites for hydroxylation is 1. The lowest BCUT2D eigenvalue weighted by molar-refractivity contribution is 0.465. The molecule has 0 aliphatic heterocycles. The van der Waals surface area contributed by atoms with Crippen LogP contribution in [0.5, 0.6) is 5.75 Å². The van der Waals surface area contributed by atoms with Crippen LogP contribution in [0.15, 0.2) is 29.6 Å². The van der Waals surface area contributed by atoms with Crippen LogP contribution in [0, 0.1) is 6.92 Å². The summed E-state index contributed by atoms with van der Waals surface area (Å²) in [5, 5.41) is 16.1. The summed E-state index contributed by atoms with van der Waals surface area (Å²) in [4.78, 5) is 4.48. The normalized spacial score (nSPS) is 14.4. The van der Waals surface area contributed by atoms with Crippen molar-refractivity contribution >= 4 is 11.3 Å². The Morgan fingerprint density at radius 2 is 2.06 bits per heavy atom. The Bertz CT molecular complexity index is 524. The number of nitrogens with zero attached hydrogens (tertiary/aromatic N) is 1. The van der Waals surface area contributed by atoms with Crippen LogP contribution in [-0.4, -0.2) is 10.1 Å². The lowest BCUT2D eigenvalue weighted by Crippen LogP contribution is -2.22. The maximum atomic E-state index is 9.48. The molecule has 0 amide bonds. The fourth-order valence-corrected chi connectivity index (χ4v) is 2.64. The second-order valence-corrected chi connectivity index (χ2v) is 5.56. The molecule has 0 aliphatic rings. The number of hydrogen-bond acceptors (Lipinski definition) is 4. The van der Waals surface area contributed by atoms with Gasteiger partial charge in [-0.1, -0.05) is 12.1 Å². The van der Waals surface area contributed by atoms with Crippen LogP contribution < -0.4 is 5.32 Å². The van der Waals surface area contributed by atoms with E-state index < -0.39 is 0 Å². The Morgan fingerprint density at radius 3 is 2.67 bits per heavy atom. The van der Waals surface area contributed by atoms with Gasteiger partial charge >= 0.3 is 0 Å². The minimum absolute atomic E-state index is 0.175. The quantitative estimate of drug-likeness (QED) is 0.885. The summed E-state index contributed by atoms with van der Waals surface area (Å²) >= 11 is 1.67. The van der Waals surface area contributed by atoms with Crippen molar-refractivity contribution in [1.29, 1.82) is 0 Å². The highest BCUT2D eigenvalue weighted by Gasteiger charge is 2.13. The molecule has 18 heavy (non-hydrogen) atoms. The number of rotatable bonds is 4. The van der Waals surface area contributed by atoms with Crippen molar-refractivity contribution in [3.8, 4) is 5.75 Å². The van der Waals surface area contributed by atoms with E-state index in [2.05, 4.69) is 29.5 Å². The minimum Gasteiger partial charge on any atom is -0.508 e. The maximum absolute atomic E-state index is 9.48. The molecular weight excluding hydrogens is 244 g/mol. The molecule has 4 heteroatoms. The zero-order chi connectivity index (χ0) is 13.1. The first-order valence-electron chi connectivity index (χ1n) is 6.03. The van der Waals surface area contributed by atoms with E-state index in [1.807, 2.05) is 19.1 Å². The van der Waals surface area contributed by atoms with E-state index in [0.29, 0.717) is 5.75 Å². The molecule has 0 fully saturated rings. The van der Waals surface area contributed by atoms with Crippen LogP contribution >= 0.6 is 11.3 Å². The number of phenols is 1. The largest absolute Gasteiger partial charge is 0.508 e. The third-order valence-electron chi connectivity index (χ3n) is 2.95. The molecule has 2 rings (SSSR count). The highest BCUT2D eigenvalue weighted by molar-refractivity contribution is 7.09. The Morgan fingerprint density at radius 1 is 1.28 bits per heavy atom. The van der Waals surface area contributed by atoms with Gasteiger partial charge in [0.25, 0.3) is 0 Å². The molecule has 2 unspecified atom stereocenters. The monoisotopic (exact) mass is 262 g/mol. The van der Waals surface area contributed by atoms with E-state index in [1.165, 1.54) is 0 Å². The van der Waals surface area contributed by atoms with Gasteiger partial charge < -0.3 is 10.4 Å². The van der Waals surface area contributed by atoms with Gasteiger partial charge in [0, 0.05) is 17.5 Å². The number of phenolic OH excluding ortho intramolecular Hbond substituents is 1. The average molecular weight is 262 g/mol. The van der Waals surface area contributed by atoms with Crippen LogP contribution in [-0.2, 0) is 0 Å². The molecule has 1 aromatic carbocycles. The van der Waals surface area contributed by atoms with E-state index in [4.69, 9.17) is 0 Å². The van der Waals surface area contributed by atoms with E-state index in [0.717, 1.165) is 16.3 Å². The van der Waals surface area contributed by atoms with Crippen LogP contribution in [0.1, 0.15) is 42.2 Å². The molecule has 96 valence electrons. The van der Waals surface area contributed by atoms with Crippen LogP contribution in [0.3, 0.4) is 0 Å². The molecule has 1 heterocycles.